The van der Waals surface area contributed by atoms with Gasteiger partial charge in [0.05, 0.1) is 0 Å². The molecule has 2 aromatic rings. The van der Waals surface area contributed by atoms with Gasteiger partial charge in [0.25, 0.3) is 0 Å². The van der Waals surface area contributed by atoms with E-state index in [2.05, 4.69) is 25.8 Å². The van der Waals surface area contributed by atoms with Crippen LogP contribution in [0.4, 0.5) is 0 Å². The lowest BCUT2D eigenvalue weighted by Crippen LogP contribution is -2.38. The smallest absolute Gasteiger partial charge is 0.248 e. The van der Waals surface area contributed by atoms with Gasteiger partial charge in [-0.25, -0.2) is 4.99 Å². The Morgan fingerprint density at radius 1 is 1.45 bits per heavy atom. The van der Waals surface area contributed by atoms with Crippen LogP contribution in [0.25, 0.3) is 11.4 Å². The third-order valence-corrected chi connectivity index (χ3v) is 3.42. The molecule has 1 aliphatic rings. The van der Waals surface area contributed by atoms with Gasteiger partial charge < -0.3 is 15.2 Å². The third-order valence-electron chi connectivity index (χ3n) is 3.19. The molecule has 116 valence electrons. The van der Waals surface area contributed by atoms with Crippen molar-refractivity contribution in [3.63, 3.8) is 0 Å². The van der Waals surface area contributed by atoms with E-state index in [1.807, 2.05) is 25.1 Å². The number of nitrogens with one attached hydrogen (secondary N) is 2. The van der Waals surface area contributed by atoms with E-state index >= 15 is 0 Å². The van der Waals surface area contributed by atoms with E-state index < -0.39 is 0 Å². The minimum atomic E-state index is 0.343. The van der Waals surface area contributed by atoms with E-state index in [1.165, 1.54) is 12.8 Å². The number of hydrogen-bond donors (Lipinski definition) is 2. The summed E-state index contributed by atoms with van der Waals surface area (Å²) in [6.07, 6.45) is 2.40. The third kappa shape index (κ3) is 3.98. The fraction of sp³-hybridized carbons (Fsp3) is 0.400. The molecule has 2 N–H and O–H groups in total. The number of guanidine groups is 1. The molecule has 0 aliphatic heterocycles. The van der Waals surface area contributed by atoms with E-state index in [0.29, 0.717) is 29.3 Å². The van der Waals surface area contributed by atoms with Crippen molar-refractivity contribution in [3.8, 4) is 11.4 Å². The molecule has 1 fully saturated rings. The minimum Gasteiger partial charge on any atom is -0.357 e. The molecule has 0 saturated heterocycles. The van der Waals surface area contributed by atoms with E-state index in [4.69, 9.17) is 16.1 Å². The first-order valence-corrected chi connectivity index (χ1v) is 7.76. The Morgan fingerprint density at radius 2 is 2.32 bits per heavy atom. The molecular weight excluding hydrogens is 302 g/mol. The standard InChI is InChI=1S/C15H18ClN5O/c1-2-17-15(19-12-6-7-12)18-9-13-20-14(21-22-13)10-4-3-5-11(16)8-10/h3-5,8,12H,2,6-7,9H2,1H3,(H2,17,18,19). The van der Waals surface area contributed by atoms with E-state index in [-0.39, 0.29) is 0 Å². The largest absolute Gasteiger partial charge is 0.357 e. The molecule has 22 heavy (non-hydrogen) atoms. The number of aliphatic imine (C=N–C) groups is 1. The molecule has 6 nitrogen and oxygen atoms in total. The summed E-state index contributed by atoms with van der Waals surface area (Å²) in [5.41, 5.74) is 0.828. The normalized spacial score (nSPS) is 14.9. The van der Waals surface area contributed by atoms with Crippen molar-refractivity contribution < 1.29 is 4.52 Å². The Morgan fingerprint density at radius 3 is 3.05 bits per heavy atom. The Balaban J connectivity index is 1.67. The van der Waals surface area contributed by atoms with Gasteiger partial charge in [-0.05, 0) is 31.9 Å². The van der Waals surface area contributed by atoms with Crippen molar-refractivity contribution in [2.75, 3.05) is 6.54 Å². The van der Waals surface area contributed by atoms with Crippen LogP contribution in [-0.4, -0.2) is 28.7 Å². The molecule has 1 aliphatic carbocycles. The molecule has 3 rings (SSSR count). The molecular formula is C15H18ClN5O. The van der Waals surface area contributed by atoms with Crippen LogP contribution < -0.4 is 10.6 Å². The minimum absolute atomic E-state index is 0.343. The molecule has 1 aromatic heterocycles. The molecule has 1 aromatic carbocycles. The van der Waals surface area contributed by atoms with Gasteiger partial charge in [0, 0.05) is 23.2 Å². The van der Waals surface area contributed by atoms with E-state index in [9.17, 15) is 0 Å². The molecule has 1 saturated carbocycles. The van der Waals surface area contributed by atoms with Crippen molar-refractivity contribution >= 4 is 17.6 Å². The first kappa shape index (κ1) is 14.8. The monoisotopic (exact) mass is 319 g/mol. The van der Waals surface area contributed by atoms with Crippen LogP contribution in [0.1, 0.15) is 25.7 Å². The van der Waals surface area contributed by atoms with E-state index in [1.54, 1.807) is 6.07 Å². The highest BCUT2D eigenvalue weighted by molar-refractivity contribution is 6.30. The number of aromatic nitrogens is 2. The van der Waals surface area contributed by atoms with Gasteiger partial charge in [-0.2, -0.15) is 4.98 Å². The van der Waals surface area contributed by atoms with Gasteiger partial charge in [0.15, 0.2) is 5.96 Å². The average molecular weight is 320 g/mol. The second-order valence-electron chi connectivity index (χ2n) is 5.14. The molecule has 0 radical (unpaired) electrons. The number of halogens is 1. The second kappa shape index (κ2) is 6.79. The van der Waals surface area contributed by atoms with Gasteiger partial charge in [-0.3, -0.25) is 0 Å². The maximum atomic E-state index is 5.97. The maximum Gasteiger partial charge on any atom is 0.248 e. The summed E-state index contributed by atoms with van der Waals surface area (Å²) in [5.74, 6) is 1.78. The number of hydrogen-bond acceptors (Lipinski definition) is 4. The average Bonchev–Trinajstić information content (AvgIpc) is 3.20. The summed E-state index contributed by atoms with van der Waals surface area (Å²) in [7, 11) is 0. The molecule has 0 atom stereocenters. The molecule has 0 amide bonds. The van der Waals surface area contributed by atoms with Gasteiger partial charge in [0.1, 0.15) is 6.54 Å². The van der Waals surface area contributed by atoms with Gasteiger partial charge in [-0.1, -0.05) is 28.9 Å². The number of nitrogens with zero attached hydrogens (tertiary/aromatic N) is 3. The zero-order valence-electron chi connectivity index (χ0n) is 12.3. The molecule has 1 heterocycles. The highest BCUT2D eigenvalue weighted by Crippen LogP contribution is 2.20. The van der Waals surface area contributed by atoms with E-state index in [0.717, 1.165) is 18.1 Å². The second-order valence-corrected chi connectivity index (χ2v) is 5.57. The summed E-state index contributed by atoms with van der Waals surface area (Å²) in [6.45, 7) is 3.19. The molecule has 0 bridgehead atoms. The topological polar surface area (TPSA) is 75.3 Å². The highest BCUT2D eigenvalue weighted by Gasteiger charge is 2.22. The van der Waals surface area contributed by atoms with Crippen molar-refractivity contribution in [1.29, 1.82) is 0 Å². The predicted octanol–water partition coefficient (Wildman–Crippen LogP) is 2.61. The highest BCUT2D eigenvalue weighted by atomic mass is 35.5. The summed E-state index contributed by atoms with van der Waals surface area (Å²) >= 11 is 5.97. The van der Waals surface area contributed by atoms with Crippen LogP contribution in [0, 0.1) is 0 Å². The zero-order chi connectivity index (χ0) is 15.4. The predicted molar refractivity (Wildman–Crippen MR) is 85.7 cm³/mol. The lowest BCUT2D eigenvalue weighted by molar-refractivity contribution is 0.380. The van der Waals surface area contributed by atoms with Crippen LogP contribution in [0.3, 0.4) is 0 Å². The number of benzene rings is 1. The Kier molecular flexibility index (Phi) is 4.58. The summed E-state index contributed by atoms with van der Waals surface area (Å²) < 4.78 is 5.24. The Hall–Kier alpha value is -2.08. The van der Waals surface area contributed by atoms with Gasteiger partial charge in [-0.15, -0.1) is 0 Å². The van der Waals surface area contributed by atoms with Gasteiger partial charge in [0.2, 0.25) is 11.7 Å². The number of rotatable bonds is 5. The fourth-order valence-corrected chi connectivity index (χ4v) is 2.14. The quantitative estimate of drug-likeness (QED) is 0.654. The first-order valence-electron chi connectivity index (χ1n) is 7.38. The van der Waals surface area contributed by atoms with Crippen LogP contribution in [0.15, 0.2) is 33.8 Å². The van der Waals surface area contributed by atoms with Gasteiger partial charge >= 0.3 is 0 Å². The van der Waals surface area contributed by atoms with Crippen LogP contribution in [0.2, 0.25) is 5.02 Å². The lowest BCUT2D eigenvalue weighted by atomic mass is 10.2. The van der Waals surface area contributed by atoms with Crippen molar-refractivity contribution in [2.24, 2.45) is 4.99 Å². The Labute approximate surface area is 134 Å². The first-order chi connectivity index (χ1) is 10.7. The summed E-state index contributed by atoms with van der Waals surface area (Å²) in [4.78, 5) is 8.81. The van der Waals surface area contributed by atoms with Crippen molar-refractivity contribution in [2.45, 2.75) is 32.4 Å². The molecule has 7 heteroatoms. The summed E-state index contributed by atoms with van der Waals surface area (Å²) in [5, 5.41) is 11.2. The maximum absolute atomic E-state index is 5.97. The molecule has 0 unspecified atom stereocenters. The lowest BCUT2D eigenvalue weighted by Gasteiger charge is -2.08. The zero-order valence-corrected chi connectivity index (χ0v) is 13.1. The molecule has 0 spiro atoms. The SMILES string of the molecule is CCNC(=NCc1nc(-c2cccc(Cl)c2)no1)NC1CC1. The van der Waals surface area contributed by atoms with Crippen LogP contribution in [0.5, 0.6) is 0 Å². The van der Waals surface area contributed by atoms with Crippen LogP contribution >= 0.6 is 11.6 Å². The Bertz CT molecular complexity index is 665. The fourth-order valence-electron chi connectivity index (χ4n) is 1.95. The summed E-state index contributed by atoms with van der Waals surface area (Å²) in [6, 6.07) is 7.90. The van der Waals surface area contributed by atoms with Crippen LogP contribution in [-0.2, 0) is 6.54 Å². The van der Waals surface area contributed by atoms with Crippen molar-refractivity contribution in [3.05, 3.63) is 35.2 Å². The van der Waals surface area contributed by atoms with Crippen molar-refractivity contribution in [1.82, 2.24) is 20.8 Å².